The third kappa shape index (κ3) is 3.97. The minimum atomic E-state index is 0.115. The molecule has 2 aromatic rings. The van der Waals surface area contributed by atoms with Crippen LogP contribution in [-0.4, -0.2) is 25.5 Å². The van der Waals surface area contributed by atoms with Crippen LogP contribution < -0.4 is 10.2 Å². The molecule has 126 valence electrons. The van der Waals surface area contributed by atoms with E-state index in [0.717, 1.165) is 38.0 Å². The van der Waals surface area contributed by atoms with Crippen molar-refractivity contribution in [3.8, 4) is 0 Å². The molecule has 1 aliphatic rings. The molecule has 0 saturated heterocycles. The summed E-state index contributed by atoms with van der Waals surface area (Å²) in [7, 11) is 0. The maximum atomic E-state index is 12.1. The number of carbonyl (C=O) groups excluding carboxylic acids is 1. The van der Waals surface area contributed by atoms with Gasteiger partial charge in [0, 0.05) is 25.3 Å². The molecule has 1 amide bonds. The van der Waals surface area contributed by atoms with E-state index in [2.05, 4.69) is 66.5 Å². The van der Waals surface area contributed by atoms with Gasteiger partial charge in [0.1, 0.15) is 0 Å². The molecular formula is C21H26N2O. The van der Waals surface area contributed by atoms with E-state index in [1.165, 1.54) is 22.4 Å². The monoisotopic (exact) mass is 322 g/mol. The number of benzene rings is 2. The van der Waals surface area contributed by atoms with Crippen molar-refractivity contribution >= 4 is 11.6 Å². The number of anilines is 1. The van der Waals surface area contributed by atoms with Crippen LogP contribution in [-0.2, 0) is 17.6 Å². The molecule has 0 saturated carbocycles. The summed E-state index contributed by atoms with van der Waals surface area (Å²) in [6.45, 7) is 6.98. The third-order valence-electron chi connectivity index (χ3n) is 4.76. The first-order valence-corrected chi connectivity index (χ1v) is 8.79. The van der Waals surface area contributed by atoms with Crippen LogP contribution >= 0.6 is 0 Å². The van der Waals surface area contributed by atoms with Crippen molar-refractivity contribution in [1.82, 2.24) is 5.32 Å². The van der Waals surface area contributed by atoms with Crippen molar-refractivity contribution in [2.45, 2.75) is 33.1 Å². The quantitative estimate of drug-likeness (QED) is 0.827. The Kier molecular flexibility index (Phi) is 5.19. The highest BCUT2D eigenvalue weighted by Gasteiger charge is 2.17. The number of hydrogen-bond donors (Lipinski definition) is 1. The second-order valence-corrected chi connectivity index (χ2v) is 6.68. The molecule has 0 aliphatic carbocycles. The van der Waals surface area contributed by atoms with Crippen molar-refractivity contribution < 1.29 is 4.79 Å². The van der Waals surface area contributed by atoms with Crippen LogP contribution in [0, 0.1) is 13.8 Å². The fourth-order valence-corrected chi connectivity index (χ4v) is 3.42. The molecule has 0 unspecified atom stereocenters. The van der Waals surface area contributed by atoms with E-state index in [1.807, 2.05) is 0 Å². The van der Waals surface area contributed by atoms with Crippen molar-refractivity contribution in [2.24, 2.45) is 0 Å². The molecule has 0 spiro atoms. The van der Waals surface area contributed by atoms with E-state index in [9.17, 15) is 4.79 Å². The Morgan fingerprint density at radius 2 is 2.00 bits per heavy atom. The van der Waals surface area contributed by atoms with Gasteiger partial charge in [0.05, 0.1) is 6.42 Å². The SMILES string of the molecule is Cc1ccc(CC(=O)NCCCN2CCc3ccccc32)c(C)c1. The fourth-order valence-electron chi connectivity index (χ4n) is 3.42. The summed E-state index contributed by atoms with van der Waals surface area (Å²) in [5.74, 6) is 0.115. The predicted molar refractivity (Wildman–Crippen MR) is 99.6 cm³/mol. The zero-order chi connectivity index (χ0) is 16.9. The van der Waals surface area contributed by atoms with Crippen LogP contribution in [0.5, 0.6) is 0 Å². The van der Waals surface area contributed by atoms with Gasteiger partial charge in [0.2, 0.25) is 5.91 Å². The normalized spacial score (nSPS) is 13.0. The molecule has 1 heterocycles. The highest BCUT2D eigenvalue weighted by molar-refractivity contribution is 5.78. The maximum absolute atomic E-state index is 12.1. The lowest BCUT2D eigenvalue weighted by atomic mass is 10.0. The van der Waals surface area contributed by atoms with Gasteiger partial charge in [0.15, 0.2) is 0 Å². The zero-order valence-corrected chi connectivity index (χ0v) is 14.6. The predicted octanol–water partition coefficient (Wildman–Crippen LogP) is 3.41. The first-order chi connectivity index (χ1) is 11.6. The number of nitrogens with one attached hydrogen (secondary N) is 1. The highest BCUT2D eigenvalue weighted by Crippen LogP contribution is 2.27. The minimum absolute atomic E-state index is 0.115. The number of fused-ring (bicyclic) bond motifs is 1. The van der Waals surface area contributed by atoms with Crippen LogP contribution in [0.25, 0.3) is 0 Å². The number of para-hydroxylation sites is 1. The van der Waals surface area contributed by atoms with Crippen molar-refractivity contribution in [1.29, 1.82) is 0 Å². The van der Waals surface area contributed by atoms with Crippen molar-refractivity contribution in [3.63, 3.8) is 0 Å². The van der Waals surface area contributed by atoms with Crippen molar-refractivity contribution in [3.05, 3.63) is 64.7 Å². The van der Waals surface area contributed by atoms with Gasteiger partial charge in [-0.25, -0.2) is 0 Å². The Bertz CT molecular complexity index is 724. The summed E-state index contributed by atoms with van der Waals surface area (Å²) in [6.07, 6.45) is 2.58. The Hall–Kier alpha value is -2.29. The summed E-state index contributed by atoms with van der Waals surface area (Å²) in [5.41, 5.74) is 6.35. The summed E-state index contributed by atoms with van der Waals surface area (Å²) < 4.78 is 0. The number of amides is 1. The number of rotatable bonds is 6. The average Bonchev–Trinajstić information content (AvgIpc) is 2.98. The van der Waals surface area contributed by atoms with Gasteiger partial charge >= 0.3 is 0 Å². The first kappa shape index (κ1) is 16.6. The van der Waals surface area contributed by atoms with Gasteiger partial charge in [-0.1, -0.05) is 42.0 Å². The van der Waals surface area contributed by atoms with Gasteiger partial charge < -0.3 is 10.2 Å². The summed E-state index contributed by atoms with van der Waals surface area (Å²) in [5, 5.41) is 3.06. The molecular weight excluding hydrogens is 296 g/mol. The lowest BCUT2D eigenvalue weighted by molar-refractivity contribution is -0.120. The molecule has 0 bridgehead atoms. The van der Waals surface area contributed by atoms with Crippen LogP contribution in [0.15, 0.2) is 42.5 Å². The molecule has 1 aliphatic heterocycles. The van der Waals surface area contributed by atoms with Gasteiger partial charge in [-0.2, -0.15) is 0 Å². The van der Waals surface area contributed by atoms with Crippen LogP contribution in [0.4, 0.5) is 5.69 Å². The molecule has 0 atom stereocenters. The van der Waals surface area contributed by atoms with Gasteiger partial charge in [0.25, 0.3) is 0 Å². The lowest BCUT2D eigenvalue weighted by Gasteiger charge is -2.19. The molecule has 2 aromatic carbocycles. The molecule has 1 N–H and O–H groups in total. The Labute approximate surface area is 144 Å². The molecule has 3 rings (SSSR count). The third-order valence-corrected chi connectivity index (χ3v) is 4.76. The van der Waals surface area contributed by atoms with Crippen LogP contribution in [0.1, 0.15) is 28.7 Å². The van der Waals surface area contributed by atoms with E-state index >= 15 is 0 Å². The molecule has 3 nitrogen and oxygen atoms in total. The van der Waals surface area contributed by atoms with Gasteiger partial charge in [-0.05, 0) is 49.4 Å². The fraction of sp³-hybridized carbons (Fsp3) is 0.381. The second kappa shape index (κ2) is 7.52. The van der Waals surface area contributed by atoms with E-state index in [4.69, 9.17) is 0 Å². The number of aryl methyl sites for hydroxylation is 2. The minimum Gasteiger partial charge on any atom is -0.371 e. The molecule has 24 heavy (non-hydrogen) atoms. The van der Waals surface area contributed by atoms with E-state index < -0.39 is 0 Å². The van der Waals surface area contributed by atoms with Gasteiger partial charge in [-0.15, -0.1) is 0 Å². The maximum Gasteiger partial charge on any atom is 0.224 e. The number of hydrogen-bond acceptors (Lipinski definition) is 2. The Morgan fingerprint density at radius 3 is 2.83 bits per heavy atom. The largest absolute Gasteiger partial charge is 0.371 e. The Morgan fingerprint density at radius 1 is 1.17 bits per heavy atom. The zero-order valence-electron chi connectivity index (χ0n) is 14.6. The molecule has 0 radical (unpaired) electrons. The lowest BCUT2D eigenvalue weighted by Crippen LogP contribution is -2.30. The topological polar surface area (TPSA) is 32.3 Å². The molecule has 0 aromatic heterocycles. The summed E-state index contributed by atoms with van der Waals surface area (Å²) >= 11 is 0. The number of nitrogens with zero attached hydrogens (tertiary/aromatic N) is 1. The standard InChI is InChI=1S/C21H26N2O/c1-16-8-9-19(17(2)14-16)15-21(24)22-11-5-12-23-13-10-18-6-3-4-7-20(18)23/h3-4,6-9,14H,5,10-13,15H2,1-2H3,(H,22,24). The second-order valence-electron chi connectivity index (χ2n) is 6.68. The van der Waals surface area contributed by atoms with E-state index in [-0.39, 0.29) is 5.91 Å². The van der Waals surface area contributed by atoms with E-state index in [0.29, 0.717) is 6.42 Å². The van der Waals surface area contributed by atoms with Crippen LogP contribution in [0.2, 0.25) is 0 Å². The summed E-state index contributed by atoms with van der Waals surface area (Å²) in [4.78, 5) is 14.5. The molecule has 3 heteroatoms. The number of carbonyl (C=O) groups is 1. The average molecular weight is 322 g/mol. The smallest absolute Gasteiger partial charge is 0.224 e. The van der Waals surface area contributed by atoms with Crippen LogP contribution in [0.3, 0.4) is 0 Å². The van der Waals surface area contributed by atoms with E-state index in [1.54, 1.807) is 0 Å². The first-order valence-electron chi connectivity index (χ1n) is 8.79. The Balaban J connectivity index is 1.41. The van der Waals surface area contributed by atoms with Gasteiger partial charge in [-0.3, -0.25) is 4.79 Å². The highest BCUT2D eigenvalue weighted by atomic mass is 16.1. The van der Waals surface area contributed by atoms with Crippen molar-refractivity contribution in [2.75, 3.05) is 24.5 Å². The summed E-state index contributed by atoms with van der Waals surface area (Å²) in [6, 6.07) is 14.9. The molecule has 0 fully saturated rings.